The minimum Gasteiger partial charge on any atom is -0.493 e. The molecule has 2 aromatic rings. The summed E-state index contributed by atoms with van der Waals surface area (Å²) >= 11 is 3.50. The average Bonchev–Trinajstić information content (AvgIpc) is 2.81. The molecule has 0 radical (unpaired) electrons. The highest BCUT2D eigenvalue weighted by Crippen LogP contribution is 2.41. The van der Waals surface area contributed by atoms with Gasteiger partial charge in [-0.05, 0) is 43.5 Å². The lowest BCUT2D eigenvalue weighted by atomic mass is 10.1. The van der Waals surface area contributed by atoms with Crippen LogP contribution in [0.25, 0.3) is 0 Å². The van der Waals surface area contributed by atoms with Crippen LogP contribution in [0.5, 0.6) is 23.0 Å². The minimum absolute atomic E-state index is 0.300. The number of hydrogen-bond acceptors (Lipinski definition) is 7. The molecule has 8 heteroatoms. The second kappa shape index (κ2) is 11.8. The highest BCUT2D eigenvalue weighted by atomic mass is 79.9. The summed E-state index contributed by atoms with van der Waals surface area (Å²) in [6, 6.07) is 8.04. The largest absolute Gasteiger partial charge is 0.493 e. The van der Waals surface area contributed by atoms with E-state index in [0.717, 1.165) is 59.8 Å². The zero-order chi connectivity index (χ0) is 24.0. The number of methoxy groups -OCH3 is 3. The van der Waals surface area contributed by atoms with Crippen molar-refractivity contribution in [3.8, 4) is 23.0 Å². The van der Waals surface area contributed by atoms with E-state index < -0.39 is 6.10 Å². The minimum atomic E-state index is -0.499. The number of aliphatic hydroxyl groups excluding tert-OH is 1. The molecule has 1 N–H and O–H groups in total. The lowest BCUT2D eigenvalue weighted by Crippen LogP contribution is -2.47. The van der Waals surface area contributed by atoms with E-state index in [9.17, 15) is 5.11 Å². The molecule has 3 rings (SSSR count). The zero-order valence-electron chi connectivity index (χ0n) is 20.2. The third kappa shape index (κ3) is 6.46. The Morgan fingerprint density at radius 2 is 1.45 bits per heavy atom. The van der Waals surface area contributed by atoms with Gasteiger partial charge in [0, 0.05) is 55.0 Å². The molecule has 1 aliphatic rings. The molecule has 0 spiro atoms. The summed E-state index contributed by atoms with van der Waals surface area (Å²) in [5.41, 5.74) is 3.19. The zero-order valence-corrected chi connectivity index (χ0v) is 21.8. The lowest BCUT2D eigenvalue weighted by Gasteiger charge is -2.36. The van der Waals surface area contributed by atoms with Gasteiger partial charge < -0.3 is 29.0 Å². The second-order valence-electron chi connectivity index (χ2n) is 8.33. The van der Waals surface area contributed by atoms with E-state index in [-0.39, 0.29) is 0 Å². The maximum Gasteiger partial charge on any atom is 0.203 e. The summed E-state index contributed by atoms with van der Waals surface area (Å²) in [6.07, 6.45) is 0.180. The van der Waals surface area contributed by atoms with Gasteiger partial charge in [-0.2, -0.15) is 0 Å². The quantitative estimate of drug-likeness (QED) is 0.505. The Labute approximate surface area is 205 Å². The van der Waals surface area contributed by atoms with Gasteiger partial charge in [-0.3, -0.25) is 4.90 Å². The van der Waals surface area contributed by atoms with Crippen LogP contribution in [-0.2, 0) is 0 Å². The Balaban J connectivity index is 1.48. The van der Waals surface area contributed by atoms with Crippen LogP contribution in [0.4, 0.5) is 5.69 Å². The number of piperazine rings is 1. The van der Waals surface area contributed by atoms with Crippen molar-refractivity contribution in [3.05, 3.63) is 39.9 Å². The molecule has 33 heavy (non-hydrogen) atoms. The molecule has 0 bridgehead atoms. The van der Waals surface area contributed by atoms with Gasteiger partial charge in [-0.1, -0.05) is 15.9 Å². The van der Waals surface area contributed by atoms with Crippen molar-refractivity contribution < 1.29 is 24.1 Å². The maximum absolute atomic E-state index is 10.5. The first-order valence-corrected chi connectivity index (χ1v) is 12.0. The first-order chi connectivity index (χ1) is 15.9. The van der Waals surface area contributed by atoms with Gasteiger partial charge in [0.25, 0.3) is 0 Å². The topological polar surface area (TPSA) is 63.6 Å². The van der Waals surface area contributed by atoms with Gasteiger partial charge in [0.05, 0.1) is 27.4 Å². The number of benzene rings is 2. The van der Waals surface area contributed by atoms with E-state index in [0.29, 0.717) is 30.3 Å². The van der Waals surface area contributed by atoms with E-state index in [2.05, 4.69) is 25.7 Å². The van der Waals surface area contributed by atoms with Crippen molar-refractivity contribution in [2.45, 2.75) is 26.4 Å². The fraction of sp³-hybridized carbons (Fsp3) is 0.520. The van der Waals surface area contributed by atoms with Crippen LogP contribution in [0.2, 0.25) is 0 Å². The summed E-state index contributed by atoms with van der Waals surface area (Å²) in [4.78, 5) is 4.70. The van der Waals surface area contributed by atoms with Crippen molar-refractivity contribution in [1.29, 1.82) is 0 Å². The van der Waals surface area contributed by atoms with Crippen molar-refractivity contribution >= 4 is 21.6 Å². The van der Waals surface area contributed by atoms with Crippen LogP contribution in [0.3, 0.4) is 0 Å². The van der Waals surface area contributed by atoms with Crippen LogP contribution in [-0.4, -0.2) is 76.8 Å². The van der Waals surface area contributed by atoms with E-state index in [1.807, 2.05) is 38.1 Å². The number of aliphatic hydroxyl groups is 1. The molecular formula is C25H35BrN2O5. The molecule has 1 aliphatic heterocycles. The van der Waals surface area contributed by atoms with E-state index >= 15 is 0 Å². The molecule has 0 aliphatic carbocycles. The SMILES string of the molecule is COc1cc(N2CCN(CCC(O)COc3c(C)cc(Br)cc3C)CC2)cc(OC)c1OC. The number of nitrogens with zero attached hydrogens (tertiary/aromatic N) is 2. The molecule has 182 valence electrons. The van der Waals surface area contributed by atoms with Crippen molar-refractivity contribution in [1.82, 2.24) is 4.90 Å². The van der Waals surface area contributed by atoms with Gasteiger partial charge in [-0.25, -0.2) is 0 Å². The first-order valence-electron chi connectivity index (χ1n) is 11.2. The molecule has 7 nitrogen and oxygen atoms in total. The number of ether oxygens (including phenoxy) is 4. The maximum atomic E-state index is 10.5. The van der Waals surface area contributed by atoms with Crippen LogP contribution < -0.4 is 23.8 Å². The van der Waals surface area contributed by atoms with Crippen LogP contribution in [0.1, 0.15) is 17.5 Å². The van der Waals surface area contributed by atoms with Crippen molar-refractivity contribution in [2.75, 3.05) is 65.6 Å². The van der Waals surface area contributed by atoms with Gasteiger partial charge in [0.15, 0.2) is 11.5 Å². The Morgan fingerprint density at radius 1 is 0.879 bits per heavy atom. The highest BCUT2D eigenvalue weighted by Gasteiger charge is 2.21. The number of hydrogen-bond donors (Lipinski definition) is 1. The number of rotatable bonds is 10. The van der Waals surface area contributed by atoms with Gasteiger partial charge >= 0.3 is 0 Å². The molecule has 1 atom stereocenters. The van der Waals surface area contributed by atoms with E-state index in [1.165, 1.54) is 0 Å². The monoisotopic (exact) mass is 522 g/mol. The molecule has 0 amide bonds. The smallest absolute Gasteiger partial charge is 0.203 e. The Morgan fingerprint density at radius 3 is 1.97 bits per heavy atom. The first kappa shape index (κ1) is 25.5. The van der Waals surface area contributed by atoms with Crippen LogP contribution in [0.15, 0.2) is 28.7 Å². The third-order valence-corrected chi connectivity index (χ3v) is 6.47. The van der Waals surface area contributed by atoms with Crippen LogP contribution in [0, 0.1) is 13.8 Å². The molecule has 1 heterocycles. The van der Waals surface area contributed by atoms with Gasteiger partial charge in [-0.15, -0.1) is 0 Å². The summed E-state index contributed by atoms with van der Waals surface area (Å²) in [6.45, 7) is 8.82. The van der Waals surface area contributed by atoms with E-state index in [1.54, 1.807) is 21.3 Å². The summed E-state index contributed by atoms with van der Waals surface area (Å²) < 4.78 is 23.4. The predicted octanol–water partition coefficient (Wildman–Crippen LogP) is 4.04. The molecule has 2 aromatic carbocycles. The molecule has 1 saturated heterocycles. The average molecular weight is 523 g/mol. The summed E-state index contributed by atoms with van der Waals surface area (Å²) in [5, 5.41) is 10.5. The Bertz CT molecular complexity index is 883. The van der Waals surface area contributed by atoms with Crippen molar-refractivity contribution in [3.63, 3.8) is 0 Å². The fourth-order valence-corrected chi connectivity index (χ4v) is 4.89. The molecule has 1 unspecified atom stereocenters. The summed E-state index contributed by atoms with van der Waals surface area (Å²) in [5.74, 6) is 2.78. The fourth-order valence-electron chi connectivity index (χ4n) is 4.20. The van der Waals surface area contributed by atoms with Crippen molar-refractivity contribution in [2.24, 2.45) is 0 Å². The number of aryl methyl sites for hydroxylation is 2. The lowest BCUT2D eigenvalue weighted by molar-refractivity contribution is 0.0860. The predicted molar refractivity (Wildman–Crippen MR) is 134 cm³/mol. The normalized spacial score (nSPS) is 15.3. The number of anilines is 1. The second-order valence-corrected chi connectivity index (χ2v) is 9.25. The Kier molecular flexibility index (Phi) is 9.11. The molecule has 0 saturated carbocycles. The standard InChI is InChI=1S/C25H35BrN2O5/c1-17-12-19(26)13-18(2)24(17)33-16-21(29)6-7-27-8-10-28(11-9-27)20-14-22(30-3)25(32-5)23(15-20)31-4/h12-15,21,29H,6-11,16H2,1-5H3. The van der Waals surface area contributed by atoms with Gasteiger partial charge in [0.1, 0.15) is 12.4 Å². The highest BCUT2D eigenvalue weighted by molar-refractivity contribution is 9.10. The number of halogens is 1. The summed E-state index contributed by atoms with van der Waals surface area (Å²) in [7, 11) is 4.88. The van der Waals surface area contributed by atoms with Crippen LogP contribution >= 0.6 is 15.9 Å². The third-order valence-electron chi connectivity index (χ3n) is 6.01. The molecular weight excluding hydrogens is 488 g/mol. The Hall–Kier alpha value is -2.16. The molecule has 0 aromatic heterocycles. The van der Waals surface area contributed by atoms with Gasteiger partial charge in [0.2, 0.25) is 5.75 Å². The van der Waals surface area contributed by atoms with E-state index in [4.69, 9.17) is 18.9 Å². The molecule has 1 fully saturated rings.